The maximum absolute atomic E-state index is 11.8. The average molecular weight is 365 g/mol. The summed E-state index contributed by atoms with van der Waals surface area (Å²) in [5.74, 6) is 1.09. The highest BCUT2D eigenvalue weighted by Gasteiger charge is 2.40. The van der Waals surface area contributed by atoms with Crippen molar-refractivity contribution in [2.45, 2.75) is 24.7 Å². The van der Waals surface area contributed by atoms with Gasteiger partial charge in [-0.3, -0.25) is 0 Å². The Morgan fingerprint density at radius 3 is 2.25 bits per heavy atom. The Bertz CT molecular complexity index is 624. The molecule has 1 aromatic carbocycles. The first-order valence-corrected chi connectivity index (χ1v) is 8.79. The van der Waals surface area contributed by atoms with E-state index in [0.717, 1.165) is 6.26 Å². The molecular weight excluding hydrogens is 348 g/mol. The van der Waals surface area contributed by atoms with Crippen LogP contribution in [0, 0.1) is 0 Å². The van der Waals surface area contributed by atoms with Gasteiger partial charge in [0.2, 0.25) is 0 Å². The molecule has 2 rings (SSSR count). The first kappa shape index (κ1) is 15.6. The smallest absolute Gasteiger partial charge is 0.162 e. The highest BCUT2D eigenvalue weighted by atomic mass is 79.9. The predicted octanol–water partition coefficient (Wildman–Crippen LogP) is 2.08. The molecule has 5 nitrogen and oxygen atoms in total. The molecule has 0 aromatic heterocycles. The number of aliphatic hydroxyl groups is 1. The summed E-state index contributed by atoms with van der Waals surface area (Å²) in [4.78, 5) is 0. The summed E-state index contributed by atoms with van der Waals surface area (Å²) in [5, 5.41) is 10.5. The van der Waals surface area contributed by atoms with Crippen molar-refractivity contribution in [1.82, 2.24) is 0 Å². The molecule has 0 bridgehead atoms. The molecule has 1 heterocycles. The highest BCUT2D eigenvalue weighted by molar-refractivity contribution is 9.10. The fraction of sp³-hybridized carbons (Fsp3) is 0.538. The van der Waals surface area contributed by atoms with Crippen molar-refractivity contribution in [3.05, 3.63) is 22.2 Å². The van der Waals surface area contributed by atoms with Gasteiger partial charge in [-0.05, 0) is 26.0 Å². The van der Waals surface area contributed by atoms with E-state index in [0.29, 0.717) is 34.7 Å². The van der Waals surface area contributed by atoms with Crippen LogP contribution >= 0.6 is 15.9 Å². The highest BCUT2D eigenvalue weighted by Crippen LogP contribution is 2.42. The number of aliphatic hydroxyl groups excluding tert-OH is 1. The Balaban J connectivity index is 2.48. The van der Waals surface area contributed by atoms with Crippen molar-refractivity contribution in [3.63, 3.8) is 0 Å². The second-order valence-electron chi connectivity index (χ2n) is 5.30. The maximum atomic E-state index is 11.8. The van der Waals surface area contributed by atoms with Crippen molar-refractivity contribution in [2.75, 3.05) is 19.5 Å². The zero-order chi connectivity index (χ0) is 15.1. The SMILES string of the molecule is CC(C)(C(O)c1cc2c(cc1Br)OCCO2)S(C)(=O)=O. The van der Waals surface area contributed by atoms with Crippen LogP contribution in [0.1, 0.15) is 25.5 Å². The van der Waals surface area contributed by atoms with Gasteiger partial charge in [0, 0.05) is 16.3 Å². The number of sulfone groups is 1. The van der Waals surface area contributed by atoms with Crippen LogP contribution in [0.4, 0.5) is 0 Å². The topological polar surface area (TPSA) is 72.8 Å². The van der Waals surface area contributed by atoms with E-state index in [1.54, 1.807) is 12.1 Å². The first-order chi connectivity index (χ1) is 9.14. The molecule has 0 radical (unpaired) electrons. The zero-order valence-corrected chi connectivity index (χ0v) is 13.9. The minimum absolute atomic E-state index is 0.430. The second-order valence-corrected chi connectivity index (χ2v) is 8.75. The van der Waals surface area contributed by atoms with Gasteiger partial charge >= 0.3 is 0 Å². The molecule has 0 aliphatic carbocycles. The fourth-order valence-electron chi connectivity index (χ4n) is 1.87. The number of ether oxygens (including phenoxy) is 2. The van der Waals surface area contributed by atoms with E-state index in [1.807, 2.05) is 0 Å². The van der Waals surface area contributed by atoms with Gasteiger partial charge in [0.15, 0.2) is 21.3 Å². The largest absolute Gasteiger partial charge is 0.486 e. The molecule has 7 heteroatoms. The third kappa shape index (κ3) is 2.66. The van der Waals surface area contributed by atoms with Crippen molar-refractivity contribution in [1.29, 1.82) is 0 Å². The van der Waals surface area contributed by atoms with Crippen LogP contribution in [0.2, 0.25) is 0 Å². The molecule has 112 valence electrons. The number of hydrogen-bond acceptors (Lipinski definition) is 5. The van der Waals surface area contributed by atoms with Crippen molar-refractivity contribution in [3.8, 4) is 11.5 Å². The Morgan fingerprint density at radius 2 is 1.75 bits per heavy atom. The van der Waals surface area contributed by atoms with Gasteiger partial charge in [-0.25, -0.2) is 8.42 Å². The normalized spacial score (nSPS) is 16.9. The van der Waals surface area contributed by atoms with E-state index in [-0.39, 0.29) is 0 Å². The molecule has 0 saturated carbocycles. The van der Waals surface area contributed by atoms with Crippen LogP contribution in [0.25, 0.3) is 0 Å². The van der Waals surface area contributed by atoms with E-state index in [4.69, 9.17) is 9.47 Å². The quantitative estimate of drug-likeness (QED) is 0.888. The lowest BCUT2D eigenvalue weighted by molar-refractivity contribution is 0.136. The van der Waals surface area contributed by atoms with Crippen molar-refractivity contribution < 1.29 is 23.0 Å². The van der Waals surface area contributed by atoms with Gasteiger partial charge in [-0.2, -0.15) is 0 Å². The molecule has 1 atom stereocenters. The summed E-state index contributed by atoms with van der Waals surface area (Å²) in [6.45, 7) is 3.89. The number of rotatable bonds is 3. The zero-order valence-electron chi connectivity index (χ0n) is 11.5. The molecule has 0 spiro atoms. The summed E-state index contributed by atoms with van der Waals surface area (Å²) in [5.41, 5.74) is 0.463. The van der Waals surface area contributed by atoms with Crippen LogP contribution in [-0.4, -0.2) is 37.7 Å². The molecule has 1 unspecified atom stereocenters. The second kappa shape index (κ2) is 5.20. The minimum Gasteiger partial charge on any atom is -0.486 e. The van der Waals surface area contributed by atoms with Crippen molar-refractivity contribution in [2.24, 2.45) is 0 Å². The third-order valence-electron chi connectivity index (χ3n) is 3.57. The van der Waals surface area contributed by atoms with Gasteiger partial charge in [-0.1, -0.05) is 15.9 Å². The third-order valence-corrected chi connectivity index (χ3v) is 6.39. The first-order valence-electron chi connectivity index (χ1n) is 6.11. The number of benzene rings is 1. The van der Waals surface area contributed by atoms with Crippen LogP contribution in [-0.2, 0) is 9.84 Å². The van der Waals surface area contributed by atoms with E-state index in [1.165, 1.54) is 13.8 Å². The number of fused-ring (bicyclic) bond motifs is 1. The van der Waals surface area contributed by atoms with Gasteiger partial charge < -0.3 is 14.6 Å². The molecule has 0 fully saturated rings. The molecule has 1 aromatic rings. The Kier molecular flexibility index (Phi) is 4.05. The van der Waals surface area contributed by atoms with Gasteiger partial charge in [0.25, 0.3) is 0 Å². The summed E-state index contributed by atoms with van der Waals surface area (Å²) in [7, 11) is -3.43. The molecule has 0 amide bonds. The molecule has 20 heavy (non-hydrogen) atoms. The van der Waals surface area contributed by atoms with Gasteiger partial charge in [-0.15, -0.1) is 0 Å². The van der Waals surface area contributed by atoms with Gasteiger partial charge in [0.05, 0.1) is 10.9 Å². The Labute approximate surface area is 126 Å². The fourth-order valence-corrected chi connectivity index (χ4v) is 2.94. The maximum Gasteiger partial charge on any atom is 0.162 e. The summed E-state index contributed by atoms with van der Waals surface area (Å²) in [6.07, 6.45) is -0.0648. The van der Waals surface area contributed by atoms with Crippen LogP contribution in [0.15, 0.2) is 16.6 Å². The molecular formula is C13H17BrO5S. The standard InChI is InChI=1S/C13H17BrO5S/c1-13(2,20(3,16)17)12(15)8-6-10-11(7-9(8)14)19-5-4-18-10/h6-7,12,15H,4-5H2,1-3H3. The summed E-state index contributed by atoms with van der Waals surface area (Å²) < 4.78 is 33.9. The van der Waals surface area contributed by atoms with E-state index in [2.05, 4.69) is 15.9 Å². The van der Waals surface area contributed by atoms with Crippen LogP contribution < -0.4 is 9.47 Å². The predicted molar refractivity (Wildman–Crippen MR) is 79.0 cm³/mol. The van der Waals surface area contributed by atoms with E-state index >= 15 is 0 Å². The van der Waals surface area contributed by atoms with Crippen LogP contribution in [0.3, 0.4) is 0 Å². The average Bonchev–Trinajstić information content (AvgIpc) is 2.35. The monoisotopic (exact) mass is 364 g/mol. The molecule has 1 N–H and O–H groups in total. The van der Waals surface area contributed by atoms with E-state index < -0.39 is 20.7 Å². The summed E-state index contributed by atoms with van der Waals surface area (Å²) in [6, 6.07) is 3.31. The van der Waals surface area contributed by atoms with E-state index in [9.17, 15) is 13.5 Å². The van der Waals surface area contributed by atoms with Crippen molar-refractivity contribution >= 4 is 25.8 Å². The molecule has 0 saturated heterocycles. The summed E-state index contributed by atoms with van der Waals surface area (Å²) >= 11 is 3.34. The van der Waals surface area contributed by atoms with Crippen LogP contribution in [0.5, 0.6) is 11.5 Å². The number of hydrogen-bond donors (Lipinski definition) is 1. The minimum atomic E-state index is -3.43. The van der Waals surface area contributed by atoms with Gasteiger partial charge in [0.1, 0.15) is 13.2 Å². The molecule has 1 aliphatic rings. The Morgan fingerprint density at radius 1 is 1.25 bits per heavy atom. The Hall–Kier alpha value is -0.790. The lowest BCUT2D eigenvalue weighted by atomic mass is 9.97. The number of halogens is 1. The molecule has 1 aliphatic heterocycles. The lowest BCUT2D eigenvalue weighted by Crippen LogP contribution is -2.38. The lowest BCUT2D eigenvalue weighted by Gasteiger charge is -2.30.